The first kappa shape index (κ1) is 10.6. The molecule has 0 radical (unpaired) electrons. The average Bonchev–Trinajstić information content (AvgIpc) is 2.48. The minimum absolute atomic E-state index is 0.0930. The van der Waals surface area contributed by atoms with Gasteiger partial charge in [0.2, 0.25) is 11.8 Å². The normalized spacial score (nSPS) is 28.9. The summed E-state index contributed by atoms with van der Waals surface area (Å²) in [5.41, 5.74) is 0. The van der Waals surface area contributed by atoms with E-state index in [-0.39, 0.29) is 17.9 Å². The van der Waals surface area contributed by atoms with Gasteiger partial charge in [0, 0.05) is 26.3 Å². The third-order valence-electron chi connectivity index (χ3n) is 3.04. The number of nitrogens with zero attached hydrogens (tertiary/aromatic N) is 1. The van der Waals surface area contributed by atoms with Gasteiger partial charge in [-0.1, -0.05) is 0 Å². The third kappa shape index (κ3) is 2.18. The summed E-state index contributed by atoms with van der Waals surface area (Å²) in [4.78, 5) is 24.1. The predicted molar refractivity (Wildman–Crippen MR) is 53.2 cm³/mol. The van der Waals surface area contributed by atoms with Crippen molar-refractivity contribution in [2.24, 2.45) is 0 Å². The zero-order chi connectivity index (χ0) is 10.8. The Morgan fingerprint density at radius 3 is 2.53 bits per heavy atom. The van der Waals surface area contributed by atoms with Crippen LogP contribution in [0.2, 0.25) is 0 Å². The number of nitrogens with one attached hydrogen (secondary N) is 1. The first-order chi connectivity index (χ1) is 7.18. The summed E-state index contributed by atoms with van der Waals surface area (Å²) < 4.78 is 5.23. The molecule has 2 rings (SSSR count). The lowest BCUT2D eigenvalue weighted by atomic mass is 10.1. The van der Waals surface area contributed by atoms with Crippen LogP contribution in [0.4, 0.5) is 0 Å². The molecule has 0 bridgehead atoms. The number of rotatable bonds is 2. The molecule has 2 fully saturated rings. The van der Waals surface area contributed by atoms with Gasteiger partial charge in [0.15, 0.2) is 0 Å². The SMILES string of the molecule is CN1C(=O)CC(NC2CCOCC2)C1=O. The largest absolute Gasteiger partial charge is 0.381 e. The van der Waals surface area contributed by atoms with Gasteiger partial charge in [-0.2, -0.15) is 0 Å². The summed E-state index contributed by atoms with van der Waals surface area (Å²) in [7, 11) is 1.54. The molecule has 1 unspecified atom stereocenters. The molecule has 2 amide bonds. The summed E-state index contributed by atoms with van der Waals surface area (Å²) >= 11 is 0. The number of hydrogen-bond acceptors (Lipinski definition) is 4. The molecule has 2 saturated heterocycles. The van der Waals surface area contributed by atoms with Crippen LogP contribution in [0, 0.1) is 0 Å². The van der Waals surface area contributed by atoms with E-state index in [1.54, 1.807) is 0 Å². The van der Waals surface area contributed by atoms with E-state index >= 15 is 0 Å². The average molecular weight is 212 g/mol. The zero-order valence-corrected chi connectivity index (χ0v) is 8.86. The van der Waals surface area contributed by atoms with Gasteiger partial charge in [-0.05, 0) is 12.8 Å². The number of ether oxygens (including phenoxy) is 1. The summed E-state index contributed by atoms with van der Waals surface area (Å²) in [6.07, 6.45) is 2.13. The molecular weight excluding hydrogens is 196 g/mol. The number of hydrogen-bond donors (Lipinski definition) is 1. The van der Waals surface area contributed by atoms with Crippen molar-refractivity contribution in [3.05, 3.63) is 0 Å². The molecule has 0 aromatic rings. The second-order valence-electron chi connectivity index (χ2n) is 4.10. The zero-order valence-electron chi connectivity index (χ0n) is 8.86. The monoisotopic (exact) mass is 212 g/mol. The van der Waals surface area contributed by atoms with Gasteiger partial charge in [-0.3, -0.25) is 14.5 Å². The lowest BCUT2D eigenvalue weighted by Crippen LogP contribution is -2.45. The van der Waals surface area contributed by atoms with Gasteiger partial charge in [0.1, 0.15) is 0 Å². The van der Waals surface area contributed by atoms with Crippen molar-refractivity contribution in [1.82, 2.24) is 10.2 Å². The minimum Gasteiger partial charge on any atom is -0.381 e. The van der Waals surface area contributed by atoms with E-state index < -0.39 is 0 Å². The van der Waals surface area contributed by atoms with Gasteiger partial charge in [-0.15, -0.1) is 0 Å². The van der Waals surface area contributed by atoms with Gasteiger partial charge < -0.3 is 10.1 Å². The Bertz CT molecular complexity index is 274. The van der Waals surface area contributed by atoms with Crippen LogP contribution >= 0.6 is 0 Å². The molecule has 2 aliphatic heterocycles. The van der Waals surface area contributed by atoms with Crippen molar-refractivity contribution in [2.45, 2.75) is 31.3 Å². The summed E-state index contributed by atoms with van der Waals surface area (Å²) in [5.74, 6) is -0.198. The molecular formula is C10H16N2O3. The topological polar surface area (TPSA) is 58.6 Å². The highest BCUT2D eigenvalue weighted by Crippen LogP contribution is 2.14. The van der Waals surface area contributed by atoms with E-state index in [0.717, 1.165) is 26.1 Å². The molecule has 5 heteroatoms. The third-order valence-corrected chi connectivity index (χ3v) is 3.04. The highest BCUT2D eigenvalue weighted by atomic mass is 16.5. The Balaban J connectivity index is 1.89. The number of carbonyl (C=O) groups is 2. The fourth-order valence-corrected chi connectivity index (χ4v) is 2.03. The van der Waals surface area contributed by atoms with Crippen molar-refractivity contribution in [2.75, 3.05) is 20.3 Å². The number of carbonyl (C=O) groups excluding carboxylic acids is 2. The van der Waals surface area contributed by atoms with Gasteiger partial charge in [0.25, 0.3) is 0 Å². The predicted octanol–water partition coefficient (Wildman–Crippen LogP) is -0.488. The summed E-state index contributed by atoms with van der Waals surface area (Å²) in [6.45, 7) is 1.48. The van der Waals surface area contributed by atoms with Crippen LogP contribution in [0.5, 0.6) is 0 Å². The van der Waals surface area contributed by atoms with Crippen LogP contribution in [-0.4, -0.2) is 49.1 Å². The number of likely N-dealkylation sites (N-methyl/N-ethyl adjacent to an activating group) is 1. The van der Waals surface area contributed by atoms with Gasteiger partial charge in [0.05, 0.1) is 12.5 Å². The van der Waals surface area contributed by atoms with Crippen LogP contribution in [0.3, 0.4) is 0 Å². The van der Waals surface area contributed by atoms with E-state index in [9.17, 15) is 9.59 Å². The maximum Gasteiger partial charge on any atom is 0.246 e. The maximum atomic E-state index is 11.6. The summed E-state index contributed by atoms with van der Waals surface area (Å²) in [5, 5.41) is 3.24. The standard InChI is InChI=1S/C10H16N2O3/c1-12-9(13)6-8(10(12)14)11-7-2-4-15-5-3-7/h7-8,11H,2-6H2,1H3. The second kappa shape index (κ2) is 4.28. The highest BCUT2D eigenvalue weighted by molar-refractivity contribution is 6.05. The van der Waals surface area contributed by atoms with E-state index in [1.807, 2.05) is 0 Å². The molecule has 2 aliphatic rings. The molecule has 0 saturated carbocycles. The van der Waals surface area contributed by atoms with E-state index in [4.69, 9.17) is 4.74 Å². The first-order valence-electron chi connectivity index (χ1n) is 5.32. The van der Waals surface area contributed by atoms with Crippen LogP contribution in [0.1, 0.15) is 19.3 Å². The van der Waals surface area contributed by atoms with Gasteiger partial charge in [-0.25, -0.2) is 0 Å². The van der Waals surface area contributed by atoms with Gasteiger partial charge >= 0.3 is 0 Å². The molecule has 1 N–H and O–H groups in total. The number of likely N-dealkylation sites (tertiary alicyclic amines) is 1. The fraction of sp³-hybridized carbons (Fsp3) is 0.800. The van der Waals surface area contributed by atoms with Crippen molar-refractivity contribution < 1.29 is 14.3 Å². The van der Waals surface area contributed by atoms with Crippen molar-refractivity contribution in [3.63, 3.8) is 0 Å². The van der Waals surface area contributed by atoms with Crippen LogP contribution < -0.4 is 5.32 Å². The van der Waals surface area contributed by atoms with Crippen LogP contribution in [0.25, 0.3) is 0 Å². The fourth-order valence-electron chi connectivity index (χ4n) is 2.03. The molecule has 0 spiro atoms. The highest BCUT2D eigenvalue weighted by Gasteiger charge is 2.37. The lowest BCUT2D eigenvalue weighted by Gasteiger charge is -2.25. The molecule has 0 aliphatic carbocycles. The molecule has 15 heavy (non-hydrogen) atoms. The molecule has 5 nitrogen and oxygen atoms in total. The number of amides is 2. The van der Waals surface area contributed by atoms with E-state index in [1.165, 1.54) is 11.9 Å². The molecule has 84 valence electrons. The maximum absolute atomic E-state index is 11.6. The van der Waals surface area contributed by atoms with Crippen molar-refractivity contribution >= 4 is 11.8 Å². The Hall–Kier alpha value is -0.940. The van der Waals surface area contributed by atoms with Crippen molar-refractivity contribution in [3.8, 4) is 0 Å². The summed E-state index contributed by atoms with van der Waals surface area (Å²) in [6, 6.07) is -0.00222. The Kier molecular flexibility index (Phi) is 3.02. The molecule has 1 atom stereocenters. The van der Waals surface area contributed by atoms with Crippen molar-refractivity contribution in [1.29, 1.82) is 0 Å². The number of imide groups is 1. The minimum atomic E-state index is -0.314. The Labute approximate surface area is 88.8 Å². The first-order valence-corrected chi connectivity index (χ1v) is 5.32. The second-order valence-corrected chi connectivity index (χ2v) is 4.10. The van der Waals surface area contributed by atoms with Crippen LogP contribution in [0.15, 0.2) is 0 Å². The quantitative estimate of drug-likeness (QED) is 0.628. The Morgan fingerprint density at radius 2 is 2.00 bits per heavy atom. The molecule has 0 aromatic heterocycles. The molecule has 0 aromatic carbocycles. The Morgan fingerprint density at radius 1 is 1.33 bits per heavy atom. The lowest BCUT2D eigenvalue weighted by molar-refractivity contribution is -0.137. The van der Waals surface area contributed by atoms with E-state index in [2.05, 4.69) is 5.32 Å². The van der Waals surface area contributed by atoms with Crippen LogP contribution in [-0.2, 0) is 14.3 Å². The smallest absolute Gasteiger partial charge is 0.246 e. The van der Waals surface area contributed by atoms with E-state index in [0.29, 0.717) is 12.5 Å². The molecule has 2 heterocycles.